The molecule has 1 aromatic rings. The number of hydrogen-bond acceptors (Lipinski definition) is 3. The summed E-state index contributed by atoms with van der Waals surface area (Å²) in [5, 5.41) is 3.22. The molecule has 4 nitrogen and oxygen atoms in total. The van der Waals surface area contributed by atoms with Crippen molar-refractivity contribution in [3.05, 3.63) is 33.3 Å². The van der Waals surface area contributed by atoms with Crippen LogP contribution in [0.1, 0.15) is 16.8 Å². The number of carbonyl (C=O) groups is 1. The molecule has 0 saturated carbocycles. The van der Waals surface area contributed by atoms with Crippen molar-refractivity contribution in [2.75, 3.05) is 18.1 Å². The summed E-state index contributed by atoms with van der Waals surface area (Å²) in [4.78, 5) is 11.9. The summed E-state index contributed by atoms with van der Waals surface area (Å²) in [5.74, 6) is 0.157. The number of sulfone groups is 1. The van der Waals surface area contributed by atoms with Crippen molar-refractivity contribution in [3.8, 4) is 0 Å². The van der Waals surface area contributed by atoms with Gasteiger partial charge < -0.3 is 5.32 Å². The summed E-state index contributed by atoms with van der Waals surface area (Å²) >= 11 is 9.17. The first-order chi connectivity index (χ1) is 8.87. The van der Waals surface area contributed by atoms with Crippen LogP contribution in [0, 0.1) is 5.92 Å². The van der Waals surface area contributed by atoms with Gasteiger partial charge in [0.1, 0.15) is 0 Å². The molecule has 1 unspecified atom stereocenters. The van der Waals surface area contributed by atoms with E-state index in [4.69, 9.17) is 11.6 Å². The number of benzene rings is 1. The van der Waals surface area contributed by atoms with Gasteiger partial charge >= 0.3 is 0 Å². The Morgan fingerprint density at radius 3 is 2.79 bits per heavy atom. The molecule has 1 aromatic carbocycles. The molecule has 0 aliphatic carbocycles. The Bertz CT molecular complexity index is 603. The zero-order valence-corrected chi connectivity index (χ0v) is 13.2. The zero-order chi connectivity index (χ0) is 14.0. The van der Waals surface area contributed by atoms with Crippen LogP contribution in [-0.4, -0.2) is 32.4 Å². The highest BCUT2D eigenvalue weighted by Gasteiger charge is 2.27. The Hall–Kier alpha value is -0.590. The molecule has 1 fully saturated rings. The van der Waals surface area contributed by atoms with Gasteiger partial charge in [-0.1, -0.05) is 11.6 Å². The van der Waals surface area contributed by atoms with Gasteiger partial charge in [-0.15, -0.1) is 0 Å². The minimum Gasteiger partial charge on any atom is -0.352 e. The van der Waals surface area contributed by atoms with E-state index in [1.165, 1.54) is 0 Å². The molecule has 1 saturated heterocycles. The van der Waals surface area contributed by atoms with Crippen LogP contribution in [0.4, 0.5) is 0 Å². The molecule has 1 atom stereocenters. The quantitative estimate of drug-likeness (QED) is 0.892. The highest BCUT2D eigenvalue weighted by Crippen LogP contribution is 2.23. The fraction of sp³-hybridized carbons (Fsp3) is 0.417. The lowest BCUT2D eigenvalue weighted by Gasteiger charge is -2.10. The van der Waals surface area contributed by atoms with Crippen LogP contribution in [0.25, 0.3) is 0 Å². The van der Waals surface area contributed by atoms with E-state index in [0.29, 0.717) is 23.6 Å². The van der Waals surface area contributed by atoms with Crippen LogP contribution in [0.2, 0.25) is 5.02 Å². The van der Waals surface area contributed by atoms with Crippen LogP contribution in [0.15, 0.2) is 22.7 Å². The summed E-state index contributed by atoms with van der Waals surface area (Å²) in [7, 11) is -2.90. The first-order valence-corrected chi connectivity index (χ1v) is 8.80. The molecule has 104 valence electrons. The molecular formula is C12H13BrClNO3S. The fourth-order valence-corrected chi connectivity index (χ4v) is 4.30. The predicted molar refractivity (Wildman–Crippen MR) is 78.2 cm³/mol. The third-order valence-corrected chi connectivity index (χ3v) is 6.13. The van der Waals surface area contributed by atoms with Gasteiger partial charge in [-0.3, -0.25) is 4.79 Å². The number of nitrogens with one attached hydrogen (secondary N) is 1. The first kappa shape index (κ1) is 14.8. The van der Waals surface area contributed by atoms with Crippen LogP contribution in [0.5, 0.6) is 0 Å². The molecule has 0 spiro atoms. The lowest BCUT2D eigenvalue weighted by atomic mass is 10.1. The van der Waals surface area contributed by atoms with Gasteiger partial charge in [0.15, 0.2) is 9.84 Å². The molecule has 0 aromatic heterocycles. The monoisotopic (exact) mass is 365 g/mol. The maximum atomic E-state index is 11.9. The minimum atomic E-state index is -2.90. The lowest BCUT2D eigenvalue weighted by molar-refractivity contribution is 0.0948. The number of amides is 1. The average Bonchev–Trinajstić information content (AvgIpc) is 2.69. The van der Waals surface area contributed by atoms with E-state index < -0.39 is 9.84 Å². The molecule has 1 aliphatic rings. The van der Waals surface area contributed by atoms with Gasteiger partial charge in [0.2, 0.25) is 0 Å². The largest absolute Gasteiger partial charge is 0.352 e. The molecule has 1 N–H and O–H groups in total. The van der Waals surface area contributed by atoms with Crippen molar-refractivity contribution >= 4 is 43.3 Å². The second kappa shape index (κ2) is 5.81. The van der Waals surface area contributed by atoms with E-state index >= 15 is 0 Å². The molecule has 19 heavy (non-hydrogen) atoms. The molecule has 1 amide bonds. The number of carbonyl (C=O) groups excluding carboxylic acids is 1. The molecule has 0 radical (unpaired) electrons. The Kier molecular flexibility index (Phi) is 4.53. The Balaban J connectivity index is 1.93. The average molecular weight is 367 g/mol. The number of halogens is 2. The predicted octanol–water partition coefficient (Wildman–Crippen LogP) is 2.27. The van der Waals surface area contributed by atoms with E-state index in [1.54, 1.807) is 18.2 Å². The summed E-state index contributed by atoms with van der Waals surface area (Å²) in [5.41, 5.74) is 0.467. The summed E-state index contributed by atoms with van der Waals surface area (Å²) < 4.78 is 23.3. The van der Waals surface area contributed by atoms with Crippen molar-refractivity contribution in [3.63, 3.8) is 0 Å². The van der Waals surface area contributed by atoms with Crippen molar-refractivity contribution in [2.24, 2.45) is 5.92 Å². The van der Waals surface area contributed by atoms with Crippen molar-refractivity contribution in [2.45, 2.75) is 6.42 Å². The van der Waals surface area contributed by atoms with Crippen LogP contribution >= 0.6 is 27.5 Å². The fourth-order valence-electron chi connectivity index (χ4n) is 2.01. The highest BCUT2D eigenvalue weighted by molar-refractivity contribution is 9.10. The summed E-state index contributed by atoms with van der Waals surface area (Å²) in [6.45, 7) is 0.381. The van der Waals surface area contributed by atoms with Gasteiger partial charge in [-0.05, 0) is 46.5 Å². The molecule has 0 bridgehead atoms. The van der Waals surface area contributed by atoms with Crippen molar-refractivity contribution in [1.82, 2.24) is 5.32 Å². The summed E-state index contributed by atoms with van der Waals surface area (Å²) in [6.07, 6.45) is 0.615. The van der Waals surface area contributed by atoms with Gasteiger partial charge in [0.25, 0.3) is 5.91 Å². The van der Waals surface area contributed by atoms with Crippen LogP contribution in [0.3, 0.4) is 0 Å². The molecule has 1 aliphatic heterocycles. The van der Waals surface area contributed by atoms with Crippen molar-refractivity contribution in [1.29, 1.82) is 0 Å². The van der Waals surface area contributed by atoms with Crippen molar-refractivity contribution < 1.29 is 13.2 Å². The molecule has 2 rings (SSSR count). The maximum absolute atomic E-state index is 11.9. The number of hydrogen-bond donors (Lipinski definition) is 1. The summed E-state index contributed by atoms with van der Waals surface area (Å²) in [6, 6.07) is 4.94. The van der Waals surface area contributed by atoms with Gasteiger partial charge in [-0.25, -0.2) is 8.42 Å². The molecular weight excluding hydrogens is 354 g/mol. The second-order valence-electron chi connectivity index (χ2n) is 4.61. The molecule has 7 heteroatoms. The third-order valence-electron chi connectivity index (χ3n) is 3.06. The standard InChI is InChI=1S/C12H13BrClNO3S/c13-10-2-1-9(5-11(10)14)12(16)15-6-8-3-4-19(17,18)7-8/h1-2,5,8H,3-4,6-7H2,(H,15,16). The van der Waals surface area contributed by atoms with E-state index in [9.17, 15) is 13.2 Å². The van der Waals surface area contributed by atoms with Gasteiger partial charge in [0.05, 0.1) is 16.5 Å². The normalized spacial score (nSPS) is 21.3. The smallest absolute Gasteiger partial charge is 0.251 e. The molecule has 1 heterocycles. The van der Waals surface area contributed by atoms with Crippen LogP contribution in [-0.2, 0) is 9.84 Å². The van der Waals surface area contributed by atoms with E-state index in [-0.39, 0.29) is 23.3 Å². The van der Waals surface area contributed by atoms with E-state index in [0.717, 1.165) is 4.47 Å². The minimum absolute atomic E-state index is 0.0138. The second-order valence-corrected chi connectivity index (χ2v) is 8.10. The lowest BCUT2D eigenvalue weighted by Crippen LogP contribution is -2.29. The van der Waals surface area contributed by atoms with E-state index in [1.807, 2.05) is 0 Å². The van der Waals surface area contributed by atoms with E-state index in [2.05, 4.69) is 21.2 Å². The van der Waals surface area contributed by atoms with Gasteiger partial charge in [-0.2, -0.15) is 0 Å². The highest BCUT2D eigenvalue weighted by atomic mass is 79.9. The Labute approximate surface area is 125 Å². The Morgan fingerprint density at radius 2 is 2.21 bits per heavy atom. The topological polar surface area (TPSA) is 63.2 Å². The SMILES string of the molecule is O=C(NCC1CCS(=O)(=O)C1)c1ccc(Br)c(Cl)c1. The van der Waals surface area contributed by atoms with Crippen LogP contribution < -0.4 is 5.32 Å². The van der Waals surface area contributed by atoms with Gasteiger partial charge in [0, 0.05) is 16.6 Å². The Morgan fingerprint density at radius 1 is 1.47 bits per heavy atom. The zero-order valence-electron chi connectivity index (χ0n) is 10.0. The first-order valence-electron chi connectivity index (χ1n) is 5.81. The number of rotatable bonds is 3. The third kappa shape index (κ3) is 3.94. The maximum Gasteiger partial charge on any atom is 0.251 e.